The summed E-state index contributed by atoms with van der Waals surface area (Å²) in [5.74, 6) is -17.1. The maximum absolute atomic E-state index is 16.1. The second-order valence-electron chi connectivity index (χ2n) is 39.2. The number of hydrogen-bond acceptors (Lipinski definition) is 23. The number of carboxylic acid groups (broad SMARTS) is 1. The number of rotatable bonds is 35. The van der Waals surface area contributed by atoms with Gasteiger partial charge in [-0.1, -0.05) is 196 Å². The number of unbranched alkanes of at least 4 members (excludes halogenated alkanes) is 3. The van der Waals surface area contributed by atoms with Gasteiger partial charge in [-0.2, -0.15) is 11.8 Å². The fraction of sp³-hybridized carbons (Fsp3) is 0.587. The number of hydrogen-bond donors (Lipinski definition) is 24. The summed E-state index contributed by atoms with van der Waals surface area (Å²) in [6, 6.07) is 5.59. The Morgan fingerprint density at radius 1 is 0.452 bits per heavy atom. The highest BCUT2D eigenvalue weighted by atomic mass is 32.2. The largest absolute Gasteiger partial charge is 0.508 e. The van der Waals surface area contributed by atoms with Gasteiger partial charge in [0.15, 0.2) is 11.9 Å². The van der Waals surface area contributed by atoms with Crippen LogP contribution in [0.25, 0.3) is 0 Å². The minimum Gasteiger partial charge on any atom is -0.508 e. The molecule has 0 aromatic heterocycles. The maximum atomic E-state index is 16.1. The number of carbonyl (C=O) groups is 15. The number of aliphatic hydroxyl groups excluding tert-OH is 2. The van der Waals surface area contributed by atoms with Crippen LogP contribution in [0.5, 0.6) is 17.2 Å². The molecule has 802 valence electrons. The zero-order valence-electron chi connectivity index (χ0n) is 84.5. The molecule has 0 unspecified atom stereocenters. The molecule has 4 aromatic carbocycles. The number of phenols is 3. The van der Waals surface area contributed by atoms with E-state index in [-0.39, 0.29) is 117 Å². The molecule has 4 aliphatic rings. The third-order valence-electron chi connectivity index (χ3n) is 27.9. The highest BCUT2D eigenvalue weighted by molar-refractivity contribution is 8.00. The van der Waals surface area contributed by atoms with E-state index in [1.165, 1.54) is 115 Å². The van der Waals surface area contributed by atoms with Crippen molar-refractivity contribution in [2.24, 2.45) is 40.9 Å². The van der Waals surface area contributed by atoms with Crippen molar-refractivity contribution in [1.82, 2.24) is 78.9 Å². The number of aliphatic hydroxyl groups is 2. The van der Waals surface area contributed by atoms with Gasteiger partial charge in [-0.3, -0.25) is 82.7 Å². The molecule has 2 saturated carbocycles. The molecule has 4 aromatic rings. The highest BCUT2D eigenvalue weighted by Gasteiger charge is 2.45. The number of phenolic OH excluding ortho intramolecular Hbond substituents is 3. The second-order valence-corrected chi connectivity index (χ2v) is 40.7. The quantitative estimate of drug-likeness (QED) is 0.0135. The van der Waals surface area contributed by atoms with Crippen LogP contribution in [0.15, 0.2) is 115 Å². The number of fused-ring (bicyclic) bond motifs is 3. The average Bonchev–Trinajstić information content (AvgIpc) is 1.28. The topological polar surface area (TPSA) is 666 Å². The molecule has 0 spiro atoms. The predicted molar refractivity (Wildman–Crippen MR) is 550 cm³/mol. The minimum atomic E-state index is -1.97. The van der Waals surface area contributed by atoms with Crippen LogP contribution in [0, 0.1) is 34.5 Å². The first-order valence-corrected chi connectivity index (χ1v) is 52.2. The Balaban J connectivity index is 1.30. The van der Waals surface area contributed by atoms with Crippen LogP contribution in [0.4, 0.5) is 0 Å². The number of benzene rings is 4. The number of carboxylic acids is 1. The van der Waals surface area contributed by atoms with Gasteiger partial charge in [-0.25, -0.2) is 0 Å². The van der Waals surface area contributed by atoms with Crippen LogP contribution in [0.2, 0.25) is 0 Å². The van der Waals surface area contributed by atoms with Crippen molar-refractivity contribution >= 4 is 112 Å². The van der Waals surface area contributed by atoms with E-state index in [9.17, 15) is 40.2 Å². The molecule has 27 N–H and O–H groups in total. The summed E-state index contributed by atoms with van der Waals surface area (Å²) in [5, 5.41) is 115. The molecule has 42 heteroatoms. The predicted octanol–water partition coefficient (Wildman–Crippen LogP) is 3.85. The van der Waals surface area contributed by atoms with Gasteiger partial charge in [0, 0.05) is 87.5 Å². The first-order chi connectivity index (χ1) is 69.8. The molecule has 2 aliphatic heterocycles. The molecule has 4 fully saturated rings. The SMILES string of the molecule is CCCCCC[C@@]12CCC[C@@H](CCC)C[C@H](CS1)C(=O)N(C)[C@@H](C)C(=O)N(C)[C@@H](Cc1ccccc1)C(=O)N[C@@H](CO)C(=O)N[C@@H](CC1CCCCC1)C(=O)N[C@@H](Cc1ccc(O)cc1)C(=O)N[C@@H](CO)C(=O)N[C@@H](Cc1ccc(O)cc1)C(=O)N[C@@H](Cc1ccc(O)cc1)C(=O)N[C@@H](CCCNC(=N)N)C(=O)N[C@@H](CCCNC(=N)N)C(=O)N[C@@H](CC1CCCCC1)C(=O)N[C@H](C(=O)N/C=C(\CCC(=O)O)C(N)=O)C2. The summed E-state index contributed by atoms with van der Waals surface area (Å²) in [4.78, 5) is 229. The number of nitrogens with two attached hydrogens (primary N) is 3. The van der Waals surface area contributed by atoms with E-state index >= 15 is 62.3 Å². The van der Waals surface area contributed by atoms with Gasteiger partial charge >= 0.3 is 5.97 Å². The molecule has 15 atom stereocenters. The Morgan fingerprint density at radius 3 is 1.29 bits per heavy atom. The molecule has 41 nitrogen and oxygen atoms in total. The van der Waals surface area contributed by atoms with Crippen LogP contribution >= 0.6 is 11.8 Å². The Kier molecular flexibility index (Phi) is 49.1. The molecule has 2 heterocycles. The van der Waals surface area contributed by atoms with Gasteiger partial charge in [0.1, 0.15) is 89.8 Å². The fourth-order valence-electron chi connectivity index (χ4n) is 19.4. The molecule has 2 bridgehead atoms. The lowest BCUT2D eigenvalue weighted by molar-refractivity contribution is -0.148. The standard InChI is InChI=1S/C104H154N20O21S/c1-6-8-9-19-47-104-48-20-30-64(23-7-2)51-72(62-146-104)101(145)123(4)63(3)100(144)124(5)86(57-67-28-17-12-18-29-67)99(143)122-85(61-126)98(142)118-78(52-65-24-13-10-14-25-65)93(137)117-82(56-70-37-44-75(129)45-38-70)96(140)121-84(60-125)97(141)119-81(55-69-35-42-74(128)43-36-69)94(138)116-80(54-68-33-40-73(127)41-34-68)92(136)114-76(31-21-49-110-102(106)107)90(134)113-77(32-22-50-111-103(108)109)91(135)115-79(53-66-26-15-11-16-27-66)95(139)120-83(58-104)89(133)112-59-71(88(105)132)39-46-87(130)131/h12,17-18,28-29,33-38,40-45,59,63-66,72,76-86,125-129H,6-11,13-16,19-27,30-32,39,46-58,60-62H2,1-5H3,(H2,105,132)(H,112,133)(H,113,134)(H,114,136)(H,115,135)(H,116,138)(H,117,137)(H,118,142)(H,119,141)(H,120,139)(H,121,140)(H,122,143)(H,130,131)(H4,106,107,110)(H4,108,109,111)/b71-59+/t63-,64+,72+,76-,77-,78-,79-,80-,81-,82-,83-,84-,85-,86-,104-/m0/s1. The maximum Gasteiger partial charge on any atom is 0.303 e. The van der Waals surface area contributed by atoms with Crippen LogP contribution < -0.4 is 86.3 Å². The minimum absolute atomic E-state index is 0.00802. The molecular formula is C104H154N20O21S. The highest BCUT2D eigenvalue weighted by Crippen LogP contribution is 2.45. The Labute approximate surface area is 857 Å². The van der Waals surface area contributed by atoms with E-state index in [2.05, 4.69) is 69.1 Å². The number of amides is 14. The van der Waals surface area contributed by atoms with E-state index in [4.69, 9.17) is 28.0 Å². The summed E-state index contributed by atoms with van der Waals surface area (Å²) in [6.45, 7) is 3.30. The van der Waals surface area contributed by atoms with Crippen molar-refractivity contribution in [1.29, 1.82) is 10.8 Å². The Hall–Kier alpha value is -13.1. The zero-order chi connectivity index (χ0) is 107. The fourth-order valence-corrected chi connectivity index (χ4v) is 21.1. The zero-order valence-corrected chi connectivity index (χ0v) is 85.4. The lowest BCUT2D eigenvalue weighted by atomic mass is 9.83. The molecule has 8 rings (SSSR count). The van der Waals surface area contributed by atoms with E-state index < -0.39 is 223 Å². The number of aliphatic carboxylic acids is 1. The van der Waals surface area contributed by atoms with E-state index in [1.807, 2.05) is 13.8 Å². The van der Waals surface area contributed by atoms with Crippen molar-refractivity contribution in [2.75, 3.05) is 46.2 Å². The first kappa shape index (κ1) is 118. The molecule has 0 radical (unpaired) electrons. The summed E-state index contributed by atoms with van der Waals surface area (Å²) < 4.78 is -0.980. The summed E-state index contributed by atoms with van der Waals surface area (Å²) in [7, 11) is 2.87. The molecule has 146 heavy (non-hydrogen) atoms. The van der Waals surface area contributed by atoms with Crippen LogP contribution in [-0.4, -0.2) is 264 Å². The van der Waals surface area contributed by atoms with Gasteiger partial charge in [0.05, 0.1) is 13.2 Å². The van der Waals surface area contributed by atoms with E-state index in [0.29, 0.717) is 92.9 Å². The van der Waals surface area contributed by atoms with Crippen LogP contribution in [0.3, 0.4) is 0 Å². The summed E-state index contributed by atoms with van der Waals surface area (Å²) in [6.07, 6.45) is 12.0. The second kappa shape index (κ2) is 60.7. The lowest BCUT2D eigenvalue weighted by Crippen LogP contribution is -2.62. The van der Waals surface area contributed by atoms with Gasteiger partial charge in [-0.15, -0.1) is 0 Å². The monoisotopic (exact) mass is 2050 g/mol. The van der Waals surface area contributed by atoms with Crippen molar-refractivity contribution < 1.29 is 103 Å². The number of aromatic hydroxyl groups is 3. The summed E-state index contributed by atoms with van der Waals surface area (Å²) in [5.41, 5.74) is 18.6. The van der Waals surface area contributed by atoms with Crippen LogP contribution in [-0.2, 0) is 97.6 Å². The number of thioether (sulfide) groups is 1. The molecule has 14 amide bonds. The van der Waals surface area contributed by atoms with Gasteiger partial charge in [0.25, 0.3) is 0 Å². The van der Waals surface area contributed by atoms with Crippen LogP contribution in [0.1, 0.15) is 236 Å². The van der Waals surface area contributed by atoms with Crippen molar-refractivity contribution in [3.05, 3.63) is 137 Å². The summed E-state index contributed by atoms with van der Waals surface area (Å²) >= 11 is 1.44. The van der Waals surface area contributed by atoms with Crippen molar-refractivity contribution in [3.8, 4) is 17.2 Å². The number of likely N-dealkylation sites (N-methyl/N-ethyl adjacent to an activating group) is 2. The lowest BCUT2D eigenvalue weighted by Gasteiger charge is -2.38. The van der Waals surface area contributed by atoms with Gasteiger partial charge in [0.2, 0.25) is 82.7 Å². The third-order valence-corrected chi connectivity index (χ3v) is 29.7. The Bertz CT molecular complexity index is 5030. The number of primary amides is 1. The van der Waals surface area contributed by atoms with Gasteiger partial charge < -0.3 is 127 Å². The Morgan fingerprint density at radius 2 is 0.856 bits per heavy atom. The normalized spacial score (nSPS) is 25.0. The van der Waals surface area contributed by atoms with E-state index in [1.54, 1.807) is 30.3 Å². The smallest absolute Gasteiger partial charge is 0.303 e. The first-order valence-electron chi connectivity index (χ1n) is 51.3. The number of nitrogens with one attached hydrogen (secondary N) is 15. The molecule has 2 saturated heterocycles. The van der Waals surface area contributed by atoms with E-state index in [0.717, 1.165) is 70.4 Å². The number of guanidine groups is 2. The van der Waals surface area contributed by atoms with Gasteiger partial charge in [-0.05, 0) is 154 Å². The number of nitrogens with zero attached hydrogens (tertiary/aromatic N) is 2. The van der Waals surface area contributed by atoms with Crippen molar-refractivity contribution in [3.63, 3.8) is 0 Å². The average molecular weight is 2050 g/mol. The number of carbonyl (C=O) groups excluding carboxylic acids is 14. The molecular weight excluding hydrogens is 1900 g/mol. The molecule has 2 aliphatic carbocycles. The third kappa shape index (κ3) is 39.3. The van der Waals surface area contributed by atoms with Crippen molar-refractivity contribution in [2.45, 2.75) is 316 Å².